The summed E-state index contributed by atoms with van der Waals surface area (Å²) in [4.78, 5) is 25.0. The van der Waals surface area contributed by atoms with Gasteiger partial charge in [0.1, 0.15) is 0 Å². The molecule has 3 heterocycles. The Kier molecular flexibility index (Phi) is 4.25. The van der Waals surface area contributed by atoms with Crippen LogP contribution in [0, 0.1) is 13.3 Å². The Balaban J connectivity index is 1.26. The predicted octanol–water partition coefficient (Wildman–Crippen LogP) is 4.86. The molecule has 0 bridgehead atoms. The summed E-state index contributed by atoms with van der Waals surface area (Å²) in [5, 5.41) is 2.31. The Morgan fingerprint density at radius 3 is 2.64 bits per heavy atom. The van der Waals surface area contributed by atoms with Crippen molar-refractivity contribution in [2.75, 3.05) is 13.1 Å². The molecule has 0 atom stereocenters. The van der Waals surface area contributed by atoms with Crippen LogP contribution in [0.2, 0.25) is 0 Å². The van der Waals surface area contributed by atoms with Crippen molar-refractivity contribution in [3.8, 4) is 11.3 Å². The molecule has 7 rings (SSSR count). The number of aryl methyl sites for hydroxylation is 1. The largest absolute Gasteiger partial charge is 0.303 e. The van der Waals surface area contributed by atoms with E-state index in [2.05, 4.69) is 33.1 Å². The zero-order valence-corrected chi connectivity index (χ0v) is 18.9. The summed E-state index contributed by atoms with van der Waals surface area (Å²) in [5.74, 6) is 0.617. The van der Waals surface area contributed by atoms with Crippen LogP contribution < -0.4 is 5.43 Å². The molecular weight excluding hydrogens is 408 g/mol. The van der Waals surface area contributed by atoms with Crippen LogP contribution in [0.3, 0.4) is 0 Å². The van der Waals surface area contributed by atoms with E-state index in [-0.39, 0.29) is 5.43 Å². The van der Waals surface area contributed by atoms with Crippen molar-refractivity contribution in [3.63, 3.8) is 0 Å². The molecule has 4 aromatic rings. The molecule has 165 valence electrons. The lowest BCUT2D eigenvalue weighted by atomic mass is 9.85. The third-order valence-corrected chi connectivity index (χ3v) is 7.99. The first-order valence-corrected chi connectivity index (χ1v) is 12.2. The Labute approximate surface area is 193 Å². The van der Waals surface area contributed by atoms with Gasteiger partial charge in [0.05, 0.1) is 23.1 Å². The normalized spacial score (nSPS) is 19.1. The van der Waals surface area contributed by atoms with Crippen molar-refractivity contribution in [1.29, 1.82) is 0 Å². The Morgan fingerprint density at radius 1 is 1.00 bits per heavy atom. The highest BCUT2D eigenvalue weighted by molar-refractivity contribution is 5.95. The fourth-order valence-corrected chi connectivity index (χ4v) is 5.74. The highest BCUT2D eigenvalue weighted by atomic mass is 16.1. The number of benzene rings is 1. The molecule has 1 radical (unpaired) electrons. The fourth-order valence-electron chi connectivity index (χ4n) is 5.74. The standard InChI is InChI=1S/C28H27N4O/c1-17-15-32-16-26(30-27(32)14-29-17)25-12-20-6-5-19(11-22(20)23-13-24(23)28(25)33)18-7-9-31(10-8-18)21-3-2-4-21/h5-6,11-16,18,21H,2-4,7-10H2,1H3. The number of imidazole rings is 1. The van der Waals surface area contributed by atoms with Crippen molar-refractivity contribution >= 4 is 16.4 Å². The highest BCUT2D eigenvalue weighted by Gasteiger charge is 2.30. The zero-order valence-electron chi connectivity index (χ0n) is 18.9. The van der Waals surface area contributed by atoms with Crippen LogP contribution in [0.1, 0.15) is 60.4 Å². The van der Waals surface area contributed by atoms with Gasteiger partial charge in [-0.05, 0) is 79.6 Å². The first kappa shape index (κ1) is 19.4. The van der Waals surface area contributed by atoms with Gasteiger partial charge in [-0.25, -0.2) is 4.98 Å². The molecule has 1 saturated heterocycles. The predicted molar refractivity (Wildman–Crippen MR) is 131 cm³/mol. The van der Waals surface area contributed by atoms with Gasteiger partial charge in [0.15, 0.2) is 11.1 Å². The number of rotatable bonds is 3. The second kappa shape index (κ2) is 7.22. The van der Waals surface area contributed by atoms with Crippen LogP contribution in [0.15, 0.2) is 47.7 Å². The number of aromatic nitrogens is 3. The molecule has 2 aromatic carbocycles. The number of hydrogen-bond acceptors (Lipinski definition) is 4. The Bertz CT molecular complexity index is 1480. The van der Waals surface area contributed by atoms with Gasteiger partial charge in [0.25, 0.3) is 0 Å². The molecule has 0 amide bonds. The topological polar surface area (TPSA) is 50.5 Å². The monoisotopic (exact) mass is 435 g/mol. The molecule has 5 nitrogen and oxygen atoms in total. The molecule has 0 unspecified atom stereocenters. The van der Waals surface area contributed by atoms with Crippen LogP contribution in [-0.4, -0.2) is 38.4 Å². The van der Waals surface area contributed by atoms with Crippen LogP contribution in [0.5, 0.6) is 0 Å². The Hall–Kier alpha value is -3.05. The van der Waals surface area contributed by atoms with E-state index in [1.165, 1.54) is 56.1 Å². The molecule has 2 aliphatic carbocycles. The van der Waals surface area contributed by atoms with Crippen LogP contribution in [0.4, 0.5) is 0 Å². The van der Waals surface area contributed by atoms with E-state index in [4.69, 9.17) is 0 Å². The molecule has 5 heteroatoms. The third-order valence-electron chi connectivity index (χ3n) is 7.99. The van der Waals surface area contributed by atoms with Crippen molar-refractivity contribution in [1.82, 2.24) is 19.3 Å². The summed E-state index contributed by atoms with van der Waals surface area (Å²) < 4.78 is 1.95. The first-order valence-electron chi connectivity index (χ1n) is 12.2. The summed E-state index contributed by atoms with van der Waals surface area (Å²) in [7, 11) is 0. The van der Waals surface area contributed by atoms with E-state index in [1.54, 1.807) is 6.20 Å². The zero-order chi connectivity index (χ0) is 22.1. The van der Waals surface area contributed by atoms with Gasteiger partial charge < -0.3 is 9.30 Å². The smallest absolute Gasteiger partial charge is 0.192 e. The molecule has 0 N–H and O–H groups in total. The molecule has 33 heavy (non-hydrogen) atoms. The van der Waals surface area contributed by atoms with Crippen molar-refractivity contribution in [2.45, 2.75) is 51.0 Å². The fraction of sp³-hybridized carbons (Fsp3) is 0.357. The molecule has 2 aromatic heterocycles. The van der Waals surface area contributed by atoms with Crippen molar-refractivity contribution in [3.05, 3.63) is 81.9 Å². The summed E-state index contributed by atoms with van der Waals surface area (Å²) in [6.07, 6.45) is 14.3. The molecule has 3 aliphatic rings. The summed E-state index contributed by atoms with van der Waals surface area (Å²) >= 11 is 0. The molecule has 1 aliphatic heterocycles. The second-order valence-corrected chi connectivity index (χ2v) is 10.0. The van der Waals surface area contributed by atoms with Gasteiger partial charge in [-0.1, -0.05) is 24.6 Å². The van der Waals surface area contributed by atoms with Gasteiger partial charge in [0, 0.05) is 30.4 Å². The first-order chi connectivity index (χ1) is 16.1. The molecular formula is C28H27N4O. The van der Waals surface area contributed by atoms with Gasteiger partial charge in [-0.2, -0.15) is 0 Å². The minimum Gasteiger partial charge on any atom is -0.303 e. The number of nitrogens with zero attached hydrogens (tertiary/aromatic N) is 4. The lowest BCUT2D eigenvalue weighted by Crippen LogP contribution is -2.44. The van der Waals surface area contributed by atoms with Gasteiger partial charge in [0.2, 0.25) is 0 Å². The molecule has 2 fully saturated rings. The van der Waals surface area contributed by atoms with E-state index < -0.39 is 0 Å². The lowest BCUT2D eigenvalue weighted by molar-refractivity contribution is 0.0976. The minimum atomic E-state index is 0.0737. The van der Waals surface area contributed by atoms with Crippen LogP contribution in [-0.2, 0) is 0 Å². The van der Waals surface area contributed by atoms with Gasteiger partial charge in [-0.15, -0.1) is 0 Å². The van der Waals surface area contributed by atoms with Crippen LogP contribution in [0.25, 0.3) is 27.7 Å². The van der Waals surface area contributed by atoms with E-state index in [9.17, 15) is 4.79 Å². The second-order valence-electron chi connectivity index (χ2n) is 10.0. The van der Waals surface area contributed by atoms with E-state index in [0.717, 1.165) is 33.9 Å². The quantitative estimate of drug-likeness (QED) is 0.406. The van der Waals surface area contributed by atoms with E-state index in [0.29, 0.717) is 17.2 Å². The summed E-state index contributed by atoms with van der Waals surface area (Å²) in [6, 6.07) is 9.72. The lowest BCUT2D eigenvalue weighted by Gasteiger charge is -2.42. The highest BCUT2D eigenvalue weighted by Crippen LogP contribution is 2.39. The van der Waals surface area contributed by atoms with Crippen LogP contribution >= 0.6 is 0 Å². The summed E-state index contributed by atoms with van der Waals surface area (Å²) in [5.41, 5.74) is 6.49. The van der Waals surface area contributed by atoms with Crippen molar-refractivity contribution in [2.24, 2.45) is 0 Å². The van der Waals surface area contributed by atoms with Crippen molar-refractivity contribution < 1.29 is 0 Å². The van der Waals surface area contributed by atoms with E-state index >= 15 is 0 Å². The maximum absolute atomic E-state index is 13.3. The minimum absolute atomic E-state index is 0.0737. The maximum atomic E-state index is 13.3. The maximum Gasteiger partial charge on any atom is 0.192 e. The number of fused-ring (bicyclic) bond motifs is 4. The number of likely N-dealkylation sites (tertiary alicyclic amines) is 1. The molecule has 0 spiro atoms. The summed E-state index contributed by atoms with van der Waals surface area (Å²) in [6.45, 7) is 4.39. The Morgan fingerprint density at radius 2 is 1.85 bits per heavy atom. The SMILES string of the molecule is Cc1cn2cc(-c3cc4ccc(C5CCN(C6CCC6)CC5)cc4c4c(c3=O)[CH]4)nc2cn1. The average Bonchev–Trinajstić information content (AvgIpc) is 3.50. The number of piperidine rings is 1. The third kappa shape index (κ3) is 3.21. The van der Waals surface area contributed by atoms with Gasteiger partial charge >= 0.3 is 0 Å². The van der Waals surface area contributed by atoms with Gasteiger partial charge in [-0.3, -0.25) is 9.78 Å². The number of hydrogen-bond donors (Lipinski definition) is 0. The molecule has 1 saturated carbocycles. The van der Waals surface area contributed by atoms with E-state index in [1.807, 2.05) is 36.2 Å². The average molecular weight is 436 g/mol.